The van der Waals surface area contributed by atoms with Gasteiger partial charge in [0.1, 0.15) is 0 Å². The average molecular weight is 364 g/mol. The van der Waals surface area contributed by atoms with Crippen LogP contribution in [0.2, 0.25) is 13.1 Å². The molecule has 0 radical (unpaired) electrons. The number of hydrogen-bond acceptors (Lipinski definition) is 3. The van der Waals surface area contributed by atoms with Crippen molar-refractivity contribution < 1.29 is 9.16 Å². The van der Waals surface area contributed by atoms with Gasteiger partial charge in [-0.25, -0.2) is 0 Å². The average Bonchev–Trinajstić information content (AvgIpc) is 2.49. The van der Waals surface area contributed by atoms with Gasteiger partial charge in [0, 0.05) is 42.4 Å². The third-order valence-electron chi connectivity index (χ3n) is 5.10. The number of anilines is 1. The van der Waals surface area contributed by atoms with Crippen LogP contribution in [0, 0.1) is 10.8 Å². The predicted octanol–water partition coefficient (Wildman–Crippen LogP) is 5.33. The number of benzene rings is 1. The largest absolute Gasteiger partial charge is 0.413 e. The van der Waals surface area contributed by atoms with Crippen molar-refractivity contribution in [1.82, 2.24) is 0 Å². The van der Waals surface area contributed by atoms with Gasteiger partial charge in [-0.1, -0.05) is 52.8 Å². The van der Waals surface area contributed by atoms with E-state index < -0.39 is 9.04 Å². The first kappa shape index (κ1) is 20.5. The van der Waals surface area contributed by atoms with Crippen molar-refractivity contribution in [2.75, 3.05) is 25.1 Å². The van der Waals surface area contributed by atoms with E-state index in [4.69, 9.17) is 9.16 Å². The Morgan fingerprint density at radius 3 is 2.40 bits per heavy atom. The normalized spacial score (nSPS) is 21.4. The van der Waals surface area contributed by atoms with Gasteiger partial charge in [-0.15, -0.1) is 0 Å². The minimum atomic E-state index is -1.16. The molecule has 0 fully saturated rings. The Morgan fingerprint density at radius 2 is 1.92 bits per heavy atom. The Labute approximate surface area is 156 Å². The van der Waals surface area contributed by atoms with Crippen LogP contribution in [0.1, 0.15) is 64.9 Å². The van der Waals surface area contributed by atoms with Crippen LogP contribution in [0.25, 0.3) is 0 Å². The van der Waals surface area contributed by atoms with E-state index in [-0.39, 0.29) is 23.0 Å². The molecule has 0 aliphatic carbocycles. The van der Waals surface area contributed by atoms with Gasteiger partial charge in [-0.05, 0) is 25.4 Å². The summed E-state index contributed by atoms with van der Waals surface area (Å²) in [4.78, 5) is 2.52. The van der Waals surface area contributed by atoms with Crippen LogP contribution < -0.4 is 4.90 Å². The summed E-state index contributed by atoms with van der Waals surface area (Å²) in [5.41, 5.74) is 4.11. The summed E-state index contributed by atoms with van der Waals surface area (Å²) in [6, 6.07) is 6.68. The van der Waals surface area contributed by atoms with Crippen LogP contribution in [0.4, 0.5) is 5.69 Å². The molecule has 3 nitrogen and oxygen atoms in total. The highest BCUT2D eigenvalue weighted by Crippen LogP contribution is 2.50. The zero-order valence-electron chi connectivity index (χ0n) is 17.6. The van der Waals surface area contributed by atoms with Gasteiger partial charge >= 0.3 is 0 Å². The Bertz CT molecular complexity index is 592. The summed E-state index contributed by atoms with van der Waals surface area (Å²) in [7, 11) is 0.672. The zero-order chi connectivity index (χ0) is 19.0. The number of fused-ring (bicyclic) bond motifs is 1. The molecule has 0 bridgehead atoms. The maximum Gasteiger partial charge on any atom is 0.171 e. The zero-order valence-corrected chi connectivity index (χ0v) is 18.8. The van der Waals surface area contributed by atoms with Crippen molar-refractivity contribution in [2.24, 2.45) is 10.8 Å². The third-order valence-corrected chi connectivity index (χ3v) is 5.92. The van der Waals surface area contributed by atoms with Crippen LogP contribution in [-0.2, 0) is 9.16 Å². The SMILES string of the molecule is CCN1CC(C)(C)C(OC)c2cccc(C(O[SiH](C)C)C(C)(C)C)c21. The number of hydrogen-bond donors (Lipinski definition) is 0. The molecule has 4 heteroatoms. The van der Waals surface area contributed by atoms with Crippen molar-refractivity contribution in [2.45, 2.75) is 66.8 Å². The molecule has 1 aromatic rings. The highest BCUT2D eigenvalue weighted by atomic mass is 28.3. The fourth-order valence-electron chi connectivity index (χ4n) is 4.18. The van der Waals surface area contributed by atoms with E-state index in [0.717, 1.165) is 13.1 Å². The van der Waals surface area contributed by atoms with Crippen LogP contribution in [0.3, 0.4) is 0 Å². The molecule has 1 aromatic carbocycles. The summed E-state index contributed by atoms with van der Waals surface area (Å²) in [5, 5.41) is 0. The summed E-state index contributed by atoms with van der Waals surface area (Å²) in [6.45, 7) is 20.2. The first-order valence-corrected chi connectivity index (χ1v) is 12.4. The molecule has 2 unspecified atom stereocenters. The molecule has 25 heavy (non-hydrogen) atoms. The minimum absolute atomic E-state index is 0.0569. The van der Waals surface area contributed by atoms with Crippen LogP contribution in [-0.4, -0.2) is 29.2 Å². The standard InChI is InChI=1S/C21H37NO2Si/c1-10-22-14-21(5,6)19(23-7)16-13-11-12-15(17(16)22)18(20(2,3)4)24-25(8)9/h11-13,18-19,25H,10,14H2,1-9H3. The second kappa shape index (κ2) is 7.41. The molecule has 2 atom stereocenters. The summed E-state index contributed by atoms with van der Waals surface area (Å²) in [6.07, 6.45) is 0.226. The van der Waals surface area contributed by atoms with E-state index in [1.165, 1.54) is 16.8 Å². The Kier molecular flexibility index (Phi) is 6.07. The van der Waals surface area contributed by atoms with Crippen molar-refractivity contribution in [1.29, 1.82) is 0 Å². The fourth-order valence-corrected chi connectivity index (χ4v) is 5.27. The van der Waals surface area contributed by atoms with Crippen LogP contribution >= 0.6 is 0 Å². The lowest BCUT2D eigenvalue weighted by Gasteiger charge is -2.47. The highest BCUT2D eigenvalue weighted by molar-refractivity contribution is 6.48. The summed E-state index contributed by atoms with van der Waals surface area (Å²) >= 11 is 0. The first-order valence-electron chi connectivity index (χ1n) is 9.59. The summed E-state index contributed by atoms with van der Waals surface area (Å²) in [5.74, 6) is 0. The van der Waals surface area contributed by atoms with Crippen LogP contribution in [0.15, 0.2) is 18.2 Å². The molecule has 0 spiro atoms. The van der Waals surface area contributed by atoms with E-state index in [9.17, 15) is 0 Å². The number of rotatable bonds is 5. The monoisotopic (exact) mass is 363 g/mol. The smallest absolute Gasteiger partial charge is 0.171 e. The predicted molar refractivity (Wildman–Crippen MR) is 110 cm³/mol. The number of para-hydroxylation sites is 1. The molecular weight excluding hydrogens is 326 g/mol. The second-order valence-corrected chi connectivity index (χ2v) is 11.7. The quantitative estimate of drug-likeness (QED) is 0.660. The van der Waals surface area contributed by atoms with Crippen molar-refractivity contribution >= 4 is 14.7 Å². The topological polar surface area (TPSA) is 21.7 Å². The fraction of sp³-hybridized carbons (Fsp3) is 0.714. The van der Waals surface area contributed by atoms with Crippen molar-refractivity contribution in [3.63, 3.8) is 0 Å². The molecule has 142 valence electrons. The van der Waals surface area contributed by atoms with Gasteiger partial charge in [0.15, 0.2) is 9.04 Å². The van der Waals surface area contributed by atoms with E-state index >= 15 is 0 Å². The molecular formula is C21H37NO2Si. The number of nitrogens with zero attached hydrogens (tertiary/aromatic N) is 1. The Balaban J connectivity index is 2.66. The molecule has 1 aliphatic rings. The van der Waals surface area contributed by atoms with E-state index in [1.807, 2.05) is 7.11 Å². The molecule has 1 heterocycles. The van der Waals surface area contributed by atoms with Gasteiger partial charge in [0.2, 0.25) is 0 Å². The van der Waals surface area contributed by atoms with Gasteiger partial charge < -0.3 is 14.1 Å². The molecule has 1 aliphatic heterocycles. The van der Waals surface area contributed by atoms with Gasteiger partial charge in [-0.3, -0.25) is 0 Å². The number of methoxy groups -OCH3 is 1. The maximum atomic E-state index is 6.55. The van der Waals surface area contributed by atoms with Gasteiger partial charge in [0.25, 0.3) is 0 Å². The third kappa shape index (κ3) is 4.12. The van der Waals surface area contributed by atoms with E-state index in [0.29, 0.717) is 0 Å². The first-order chi connectivity index (χ1) is 11.5. The Morgan fingerprint density at radius 1 is 1.28 bits per heavy atom. The van der Waals surface area contributed by atoms with Crippen molar-refractivity contribution in [3.05, 3.63) is 29.3 Å². The minimum Gasteiger partial charge on any atom is -0.413 e. The Hall–Kier alpha value is -0.843. The highest BCUT2D eigenvalue weighted by Gasteiger charge is 2.42. The van der Waals surface area contributed by atoms with Crippen LogP contribution in [0.5, 0.6) is 0 Å². The molecule has 2 rings (SSSR count). The molecule has 0 amide bonds. The number of ether oxygens (including phenoxy) is 1. The molecule has 0 N–H and O–H groups in total. The second-order valence-electron chi connectivity index (χ2n) is 9.33. The maximum absolute atomic E-state index is 6.55. The van der Waals surface area contributed by atoms with Gasteiger partial charge in [-0.2, -0.15) is 0 Å². The molecule has 0 saturated carbocycles. The molecule has 0 aromatic heterocycles. The van der Waals surface area contributed by atoms with E-state index in [1.54, 1.807) is 0 Å². The lowest BCUT2D eigenvalue weighted by molar-refractivity contribution is 0.00324. The lowest BCUT2D eigenvalue weighted by Crippen LogP contribution is -2.44. The van der Waals surface area contributed by atoms with Crippen molar-refractivity contribution in [3.8, 4) is 0 Å². The van der Waals surface area contributed by atoms with E-state index in [2.05, 4.69) is 77.7 Å². The summed E-state index contributed by atoms with van der Waals surface area (Å²) < 4.78 is 12.5. The lowest BCUT2D eigenvalue weighted by atomic mass is 9.75. The molecule has 0 saturated heterocycles. The van der Waals surface area contributed by atoms with Gasteiger partial charge in [0.05, 0.1) is 12.2 Å².